The first-order chi connectivity index (χ1) is 10.5. The van der Waals surface area contributed by atoms with Crippen LogP contribution in [0.1, 0.15) is 15.9 Å². The fourth-order valence-corrected chi connectivity index (χ4v) is 1.92. The van der Waals surface area contributed by atoms with E-state index in [0.717, 1.165) is 5.56 Å². The SMILES string of the molecule is O=C(N/C=C/c1cccc(Cl)c1)Nc1cccc(C(=O)O)c1. The van der Waals surface area contributed by atoms with Gasteiger partial charge in [0.2, 0.25) is 0 Å². The molecule has 0 aliphatic carbocycles. The number of hydrogen-bond donors (Lipinski definition) is 3. The topological polar surface area (TPSA) is 78.4 Å². The van der Waals surface area contributed by atoms with E-state index in [0.29, 0.717) is 10.7 Å². The highest BCUT2D eigenvalue weighted by atomic mass is 35.5. The number of nitrogens with one attached hydrogen (secondary N) is 2. The molecule has 0 aromatic heterocycles. The molecule has 0 saturated heterocycles. The highest BCUT2D eigenvalue weighted by Gasteiger charge is 2.04. The van der Waals surface area contributed by atoms with Crippen LogP contribution in [0.2, 0.25) is 5.02 Å². The van der Waals surface area contributed by atoms with Gasteiger partial charge >= 0.3 is 12.0 Å². The minimum atomic E-state index is -1.05. The van der Waals surface area contributed by atoms with Gasteiger partial charge < -0.3 is 15.7 Å². The third-order valence-electron chi connectivity index (χ3n) is 2.71. The maximum absolute atomic E-state index is 11.7. The molecule has 0 heterocycles. The lowest BCUT2D eigenvalue weighted by Crippen LogP contribution is -2.23. The van der Waals surface area contributed by atoms with Crippen molar-refractivity contribution in [3.63, 3.8) is 0 Å². The summed E-state index contributed by atoms with van der Waals surface area (Å²) >= 11 is 5.85. The molecule has 0 aliphatic heterocycles. The number of urea groups is 1. The summed E-state index contributed by atoms with van der Waals surface area (Å²) < 4.78 is 0. The summed E-state index contributed by atoms with van der Waals surface area (Å²) in [5, 5.41) is 14.6. The van der Waals surface area contributed by atoms with Crippen molar-refractivity contribution in [2.24, 2.45) is 0 Å². The Bertz CT molecular complexity index is 729. The Morgan fingerprint density at radius 2 is 1.86 bits per heavy atom. The van der Waals surface area contributed by atoms with Gasteiger partial charge in [0.15, 0.2) is 0 Å². The summed E-state index contributed by atoms with van der Waals surface area (Å²) in [6, 6.07) is 12.7. The first-order valence-corrected chi connectivity index (χ1v) is 6.75. The van der Waals surface area contributed by atoms with Gasteiger partial charge in [-0.05, 0) is 42.0 Å². The number of anilines is 1. The summed E-state index contributed by atoms with van der Waals surface area (Å²) in [5.74, 6) is -1.05. The van der Waals surface area contributed by atoms with Crippen LogP contribution in [0, 0.1) is 0 Å². The average Bonchev–Trinajstić information content (AvgIpc) is 2.47. The Labute approximate surface area is 132 Å². The third-order valence-corrected chi connectivity index (χ3v) is 2.94. The number of amides is 2. The van der Waals surface area contributed by atoms with E-state index in [1.807, 2.05) is 6.07 Å². The second-order valence-electron chi connectivity index (χ2n) is 4.37. The first-order valence-electron chi connectivity index (χ1n) is 6.37. The standard InChI is InChI=1S/C16H13ClN2O3/c17-13-5-1-3-11(9-13)7-8-18-16(22)19-14-6-2-4-12(10-14)15(20)21/h1-10H,(H,20,21)(H2,18,19,22)/b8-7+. The number of carbonyl (C=O) groups is 2. The molecule has 22 heavy (non-hydrogen) atoms. The van der Waals surface area contributed by atoms with Crippen molar-refractivity contribution in [2.75, 3.05) is 5.32 Å². The van der Waals surface area contributed by atoms with Crippen LogP contribution >= 0.6 is 11.6 Å². The number of carboxylic acids is 1. The average molecular weight is 317 g/mol. The predicted molar refractivity (Wildman–Crippen MR) is 86.0 cm³/mol. The molecule has 0 fully saturated rings. The van der Waals surface area contributed by atoms with Crippen molar-refractivity contribution < 1.29 is 14.7 Å². The molecule has 2 amide bonds. The van der Waals surface area contributed by atoms with Crippen LogP contribution in [0.5, 0.6) is 0 Å². The lowest BCUT2D eigenvalue weighted by atomic mass is 10.2. The zero-order chi connectivity index (χ0) is 15.9. The summed E-state index contributed by atoms with van der Waals surface area (Å²) in [6.45, 7) is 0. The number of aromatic carboxylic acids is 1. The molecule has 0 unspecified atom stereocenters. The van der Waals surface area contributed by atoms with Crippen LogP contribution in [0.25, 0.3) is 6.08 Å². The van der Waals surface area contributed by atoms with Crippen molar-refractivity contribution in [3.8, 4) is 0 Å². The molecule has 0 spiro atoms. The number of benzene rings is 2. The van der Waals surface area contributed by atoms with Crippen LogP contribution in [0.3, 0.4) is 0 Å². The van der Waals surface area contributed by atoms with Crippen LogP contribution in [0.4, 0.5) is 10.5 Å². The molecule has 0 bridgehead atoms. The van der Waals surface area contributed by atoms with Gasteiger partial charge in [-0.15, -0.1) is 0 Å². The number of hydrogen-bond acceptors (Lipinski definition) is 2. The minimum absolute atomic E-state index is 0.104. The first kappa shape index (κ1) is 15.6. The second kappa shape index (κ2) is 7.28. The minimum Gasteiger partial charge on any atom is -0.478 e. The Morgan fingerprint density at radius 1 is 1.09 bits per heavy atom. The molecule has 112 valence electrons. The summed E-state index contributed by atoms with van der Waals surface area (Å²) in [5.41, 5.74) is 1.35. The number of carbonyl (C=O) groups excluding carboxylic acids is 1. The molecule has 0 aliphatic rings. The smallest absolute Gasteiger partial charge is 0.335 e. The molecule has 0 saturated carbocycles. The van der Waals surface area contributed by atoms with Crippen molar-refractivity contribution in [3.05, 3.63) is 70.9 Å². The Morgan fingerprint density at radius 3 is 2.59 bits per heavy atom. The van der Waals surface area contributed by atoms with Crippen molar-refractivity contribution >= 4 is 35.4 Å². The highest BCUT2D eigenvalue weighted by molar-refractivity contribution is 6.30. The molecule has 0 radical (unpaired) electrons. The molecule has 2 aromatic carbocycles. The van der Waals surface area contributed by atoms with E-state index < -0.39 is 12.0 Å². The van der Waals surface area contributed by atoms with E-state index in [1.54, 1.807) is 36.4 Å². The molecular weight excluding hydrogens is 304 g/mol. The summed E-state index contributed by atoms with van der Waals surface area (Å²) in [6.07, 6.45) is 3.17. The van der Waals surface area contributed by atoms with Gasteiger partial charge in [-0.3, -0.25) is 0 Å². The van der Waals surface area contributed by atoms with Crippen molar-refractivity contribution in [1.29, 1.82) is 0 Å². The number of halogens is 1. The molecule has 5 nitrogen and oxygen atoms in total. The highest BCUT2D eigenvalue weighted by Crippen LogP contribution is 2.12. The molecule has 0 atom stereocenters. The Balaban J connectivity index is 1.93. The van der Waals surface area contributed by atoms with E-state index in [1.165, 1.54) is 18.3 Å². The maximum Gasteiger partial charge on any atom is 0.335 e. The molecule has 3 N–H and O–H groups in total. The largest absolute Gasteiger partial charge is 0.478 e. The number of carboxylic acid groups (broad SMARTS) is 1. The van der Waals surface area contributed by atoms with Gasteiger partial charge in [-0.1, -0.05) is 29.8 Å². The van der Waals surface area contributed by atoms with Gasteiger partial charge in [-0.2, -0.15) is 0 Å². The van der Waals surface area contributed by atoms with Gasteiger partial charge in [0, 0.05) is 16.9 Å². The van der Waals surface area contributed by atoms with Gasteiger partial charge in [0.05, 0.1) is 5.56 Å². The van der Waals surface area contributed by atoms with Crippen LogP contribution in [-0.4, -0.2) is 17.1 Å². The fraction of sp³-hybridized carbons (Fsp3) is 0. The molecule has 2 aromatic rings. The molecule has 2 rings (SSSR count). The molecule has 6 heteroatoms. The molecular formula is C16H13ClN2O3. The van der Waals surface area contributed by atoms with Crippen LogP contribution < -0.4 is 10.6 Å². The van der Waals surface area contributed by atoms with Crippen LogP contribution in [0.15, 0.2) is 54.7 Å². The fourth-order valence-electron chi connectivity index (χ4n) is 1.72. The normalized spacial score (nSPS) is 10.4. The maximum atomic E-state index is 11.7. The lowest BCUT2D eigenvalue weighted by molar-refractivity contribution is 0.0697. The number of rotatable bonds is 4. The van der Waals surface area contributed by atoms with Gasteiger partial charge in [0.25, 0.3) is 0 Å². The van der Waals surface area contributed by atoms with Gasteiger partial charge in [0.1, 0.15) is 0 Å². The van der Waals surface area contributed by atoms with Crippen molar-refractivity contribution in [2.45, 2.75) is 0 Å². The Kier molecular flexibility index (Phi) is 5.16. The predicted octanol–water partition coefficient (Wildman–Crippen LogP) is 3.83. The lowest BCUT2D eigenvalue weighted by Gasteiger charge is -2.05. The summed E-state index contributed by atoms with van der Waals surface area (Å²) in [4.78, 5) is 22.5. The van der Waals surface area contributed by atoms with Crippen molar-refractivity contribution in [1.82, 2.24) is 5.32 Å². The zero-order valence-electron chi connectivity index (χ0n) is 11.4. The van der Waals surface area contributed by atoms with Crippen LogP contribution in [-0.2, 0) is 0 Å². The van der Waals surface area contributed by atoms with E-state index >= 15 is 0 Å². The summed E-state index contributed by atoms with van der Waals surface area (Å²) in [7, 11) is 0. The van der Waals surface area contributed by atoms with Gasteiger partial charge in [-0.25, -0.2) is 9.59 Å². The second-order valence-corrected chi connectivity index (χ2v) is 4.81. The monoisotopic (exact) mass is 316 g/mol. The Hall–Kier alpha value is -2.79. The van der Waals surface area contributed by atoms with E-state index in [-0.39, 0.29) is 5.56 Å². The third kappa shape index (κ3) is 4.64. The van der Waals surface area contributed by atoms with E-state index in [2.05, 4.69) is 10.6 Å². The van der Waals surface area contributed by atoms with E-state index in [4.69, 9.17) is 16.7 Å². The van der Waals surface area contributed by atoms with E-state index in [9.17, 15) is 9.59 Å². The zero-order valence-corrected chi connectivity index (χ0v) is 12.2. The quantitative estimate of drug-likeness (QED) is 0.802.